The van der Waals surface area contributed by atoms with Gasteiger partial charge in [0.05, 0.1) is 34.0 Å². The topological polar surface area (TPSA) is 103 Å². The lowest BCUT2D eigenvalue weighted by Gasteiger charge is -2.44. The first-order valence-electron chi connectivity index (χ1n) is 15.4. The molecule has 4 heterocycles. The Kier molecular flexibility index (Phi) is 8.44. The number of piperazine rings is 1. The molecule has 46 heavy (non-hydrogen) atoms. The molecule has 6 rings (SSSR count). The minimum Gasteiger partial charge on any atom is -0.463 e. The minimum absolute atomic E-state index is 0.0242. The highest BCUT2D eigenvalue weighted by Gasteiger charge is 2.42. The number of likely N-dealkylation sites (tertiary alicyclic amines) is 1. The van der Waals surface area contributed by atoms with Crippen LogP contribution in [-0.2, 0) is 6.18 Å². The molecule has 4 atom stereocenters. The molecule has 3 N–H and O–H groups in total. The van der Waals surface area contributed by atoms with Crippen LogP contribution in [0.1, 0.15) is 51.2 Å². The lowest BCUT2D eigenvalue weighted by molar-refractivity contribution is -0.137. The van der Waals surface area contributed by atoms with Crippen molar-refractivity contribution in [2.75, 3.05) is 50.0 Å². The molecule has 3 aliphatic rings. The van der Waals surface area contributed by atoms with Crippen molar-refractivity contribution in [2.24, 2.45) is 11.3 Å². The monoisotopic (exact) mass is 663 g/mol. The Morgan fingerprint density at radius 3 is 2.48 bits per heavy atom. The molecule has 2 bridgehead atoms. The second kappa shape index (κ2) is 12.0. The summed E-state index contributed by atoms with van der Waals surface area (Å²) in [6, 6.07) is 3.36. The number of benzene rings is 2. The number of fused-ring (bicyclic) bond motifs is 3. The number of piperidine rings is 1. The number of alkyl halides is 3. The van der Waals surface area contributed by atoms with Gasteiger partial charge in [-0.3, -0.25) is 0 Å². The molecule has 0 radical (unpaired) electrons. The van der Waals surface area contributed by atoms with Gasteiger partial charge in [-0.05, 0) is 50.4 Å². The third kappa shape index (κ3) is 5.69. The van der Waals surface area contributed by atoms with Crippen LogP contribution in [0.5, 0.6) is 6.01 Å². The average molecular weight is 664 g/mol. The summed E-state index contributed by atoms with van der Waals surface area (Å²) in [4.78, 5) is 13.2. The first-order chi connectivity index (χ1) is 21.7. The molecule has 3 aromatic rings. The van der Waals surface area contributed by atoms with E-state index in [9.17, 15) is 18.4 Å². The van der Waals surface area contributed by atoms with Gasteiger partial charge in [0, 0.05) is 48.1 Å². The van der Waals surface area contributed by atoms with Crippen LogP contribution in [0.4, 0.5) is 33.5 Å². The lowest BCUT2D eigenvalue weighted by Crippen LogP contribution is -2.51. The molecule has 2 aromatic carbocycles. The Hall–Kier alpha value is -3.47. The second-order valence-corrected chi connectivity index (χ2v) is 13.4. The maximum Gasteiger partial charge on any atom is 0.418 e. The SMILES string of the molecule is CCN1CC[C@H](C)[C@](C)(COc2nc(N3C[C@H]4CC[C@@H](C3)N4)c3cc(F)c(-c4c(C#N)c(N)cc(Cl)c4C(F)(F)F)c(F)c3n2)C1. The van der Waals surface area contributed by atoms with E-state index in [2.05, 4.69) is 41.0 Å². The van der Waals surface area contributed by atoms with Crippen LogP contribution in [0.15, 0.2) is 12.1 Å². The van der Waals surface area contributed by atoms with Crippen molar-refractivity contribution in [3.63, 3.8) is 0 Å². The van der Waals surface area contributed by atoms with E-state index in [0.717, 1.165) is 51.0 Å². The number of nitrogens with two attached hydrogens (primary N) is 1. The lowest BCUT2D eigenvalue weighted by atomic mass is 9.74. The van der Waals surface area contributed by atoms with Gasteiger partial charge < -0.3 is 25.6 Å². The van der Waals surface area contributed by atoms with Crippen LogP contribution in [0, 0.1) is 34.3 Å². The molecule has 0 amide bonds. The van der Waals surface area contributed by atoms with Gasteiger partial charge in [0.1, 0.15) is 23.2 Å². The summed E-state index contributed by atoms with van der Waals surface area (Å²) in [5, 5.41) is 12.4. The average Bonchev–Trinajstić information content (AvgIpc) is 3.33. The fourth-order valence-electron chi connectivity index (χ4n) is 7.14. The van der Waals surface area contributed by atoms with Gasteiger partial charge >= 0.3 is 12.2 Å². The zero-order chi connectivity index (χ0) is 33.1. The van der Waals surface area contributed by atoms with Gasteiger partial charge in [-0.25, -0.2) is 8.78 Å². The predicted molar refractivity (Wildman–Crippen MR) is 166 cm³/mol. The number of nitrogens with one attached hydrogen (secondary N) is 1. The Balaban J connectivity index is 1.54. The van der Waals surface area contributed by atoms with E-state index in [4.69, 9.17) is 22.1 Å². The summed E-state index contributed by atoms with van der Waals surface area (Å²) in [5.74, 6) is -2.22. The summed E-state index contributed by atoms with van der Waals surface area (Å²) in [6.07, 6.45) is -2.34. The Morgan fingerprint density at radius 1 is 1.15 bits per heavy atom. The molecule has 3 saturated heterocycles. The number of halogens is 6. The maximum atomic E-state index is 16.7. The number of hydrogen-bond acceptors (Lipinski definition) is 8. The standard InChI is InChI=1S/C32H35ClF5N7O/c1-4-44-8-7-16(2)31(3,14-44)15-46-30-42-28-19(29(43-30)45-12-17-5-6-18(13-45)41-17)9-22(34)25(27(28)35)24-20(11-39)23(40)10-21(33)26(24)32(36,37)38/h9-10,16-18,41H,4-8,12-15,40H2,1-3H3/t16-,17-,18+,31-/m0/s1. The molecular formula is C32H35ClF5N7O. The van der Waals surface area contributed by atoms with Gasteiger partial charge in [-0.2, -0.15) is 28.4 Å². The second-order valence-electron chi connectivity index (χ2n) is 13.0. The number of nitrogen functional groups attached to an aromatic ring is 1. The number of nitrogens with zero attached hydrogens (tertiary/aromatic N) is 5. The highest BCUT2D eigenvalue weighted by Crippen LogP contribution is 2.48. The molecular weight excluding hydrogens is 629 g/mol. The van der Waals surface area contributed by atoms with E-state index in [1.54, 1.807) is 6.07 Å². The van der Waals surface area contributed by atoms with Gasteiger partial charge in [0.15, 0.2) is 5.82 Å². The molecule has 1 aromatic heterocycles. The molecule has 8 nitrogen and oxygen atoms in total. The fourth-order valence-corrected chi connectivity index (χ4v) is 7.46. The van der Waals surface area contributed by atoms with Crippen LogP contribution < -0.4 is 20.7 Å². The summed E-state index contributed by atoms with van der Waals surface area (Å²) >= 11 is 5.95. The van der Waals surface area contributed by atoms with Crippen molar-refractivity contribution >= 4 is 34.0 Å². The summed E-state index contributed by atoms with van der Waals surface area (Å²) in [7, 11) is 0. The van der Waals surface area contributed by atoms with Crippen LogP contribution in [0.25, 0.3) is 22.0 Å². The summed E-state index contributed by atoms with van der Waals surface area (Å²) < 4.78 is 81.9. The van der Waals surface area contributed by atoms with E-state index >= 15 is 8.78 Å². The number of ether oxygens (including phenoxy) is 1. The zero-order valence-corrected chi connectivity index (χ0v) is 26.5. The number of aromatic nitrogens is 2. The van der Waals surface area contributed by atoms with Crippen LogP contribution in [-0.4, -0.2) is 66.3 Å². The van der Waals surface area contributed by atoms with Crippen LogP contribution >= 0.6 is 11.6 Å². The van der Waals surface area contributed by atoms with Crippen molar-refractivity contribution in [2.45, 2.75) is 58.3 Å². The molecule has 0 saturated carbocycles. The van der Waals surface area contributed by atoms with E-state index in [1.807, 2.05) is 4.90 Å². The highest BCUT2D eigenvalue weighted by molar-refractivity contribution is 6.32. The van der Waals surface area contributed by atoms with Crippen molar-refractivity contribution in [3.05, 3.63) is 39.9 Å². The quantitative estimate of drug-likeness (QED) is 0.231. The summed E-state index contributed by atoms with van der Waals surface area (Å²) in [6.45, 7) is 10.2. The zero-order valence-electron chi connectivity index (χ0n) is 25.7. The highest BCUT2D eigenvalue weighted by atomic mass is 35.5. The maximum absolute atomic E-state index is 16.7. The third-order valence-electron chi connectivity index (χ3n) is 9.94. The number of rotatable bonds is 6. The van der Waals surface area contributed by atoms with Crippen molar-refractivity contribution in [1.29, 1.82) is 5.26 Å². The van der Waals surface area contributed by atoms with Crippen molar-refractivity contribution in [3.8, 4) is 23.2 Å². The van der Waals surface area contributed by atoms with Gasteiger partial charge in [0.25, 0.3) is 0 Å². The summed E-state index contributed by atoms with van der Waals surface area (Å²) in [5.41, 5.74) is 0.173. The third-order valence-corrected chi connectivity index (χ3v) is 10.2. The number of anilines is 2. The van der Waals surface area contributed by atoms with Gasteiger partial charge in [-0.1, -0.05) is 32.4 Å². The Labute approximate surface area is 268 Å². The molecule has 3 aliphatic heterocycles. The van der Waals surface area contributed by atoms with Crippen LogP contribution in [0.3, 0.4) is 0 Å². The minimum atomic E-state index is -5.16. The number of hydrogen-bond donors (Lipinski definition) is 2. The molecule has 14 heteroatoms. The number of nitriles is 1. The van der Waals surface area contributed by atoms with Crippen LogP contribution in [0.2, 0.25) is 5.02 Å². The Morgan fingerprint density at radius 2 is 1.85 bits per heavy atom. The predicted octanol–water partition coefficient (Wildman–Crippen LogP) is 6.39. The molecule has 0 spiro atoms. The van der Waals surface area contributed by atoms with Crippen molar-refractivity contribution in [1.82, 2.24) is 20.2 Å². The first kappa shape index (κ1) is 32.5. The normalized spacial score (nSPS) is 25.2. The van der Waals surface area contributed by atoms with E-state index in [-0.39, 0.29) is 41.3 Å². The molecule has 3 fully saturated rings. The molecule has 246 valence electrons. The Bertz CT molecular complexity index is 1720. The van der Waals surface area contributed by atoms with Gasteiger partial charge in [-0.15, -0.1) is 0 Å². The van der Waals surface area contributed by atoms with E-state index in [0.29, 0.717) is 19.0 Å². The molecule has 0 unspecified atom stereocenters. The van der Waals surface area contributed by atoms with Crippen molar-refractivity contribution < 1.29 is 26.7 Å². The molecule has 0 aliphatic carbocycles. The fraction of sp³-hybridized carbons (Fsp3) is 0.531. The van der Waals surface area contributed by atoms with E-state index < -0.39 is 56.3 Å². The first-order valence-corrected chi connectivity index (χ1v) is 15.8. The van der Waals surface area contributed by atoms with E-state index in [1.165, 1.54) is 0 Å². The van der Waals surface area contributed by atoms with Gasteiger partial charge in [0.2, 0.25) is 0 Å². The smallest absolute Gasteiger partial charge is 0.418 e. The largest absolute Gasteiger partial charge is 0.463 e.